The molecule has 4 nitrogen and oxygen atoms in total. The molecule has 0 radical (unpaired) electrons. The van der Waals surface area contributed by atoms with E-state index < -0.39 is 5.97 Å². The molecule has 0 atom stereocenters. The van der Waals surface area contributed by atoms with Crippen LogP contribution in [0, 0.1) is 0 Å². The van der Waals surface area contributed by atoms with Gasteiger partial charge < -0.3 is 9.64 Å². The third kappa shape index (κ3) is 6.60. The van der Waals surface area contributed by atoms with Gasteiger partial charge in [0.25, 0.3) is 0 Å². The average molecular weight is 201 g/mol. The lowest BCUT2D eigenvalue weighted by molar-refractivity contribution is -0.146. The normalized spacial score (nSPS) is 10.3. The number of nitrogens with zero attached hydrogens (tertiary/aromatic N) is 1. The van der Waals surface area contributed by atoms with E-state index in [2.05, 4.69) is 18.7 Å². The quantitative estimate of drug-likeness (QED) is 0.452. The van der Waals surface area contributed by atoms with Crippen LogP contribution in [0.1, 0.15) is 27.2 Å². The average Bonchev–Trinajstić information content (AvgIpc) is 2.11. The van der Waals surface area contributed by atoms with Crippen molar-refractivity contribution in [1.29, 1.82) is 0 Å². The summed E-state index contributed by atoms with van der Waals surface area (Å²) in [7, 11) is 0. The zero-order valence-electron chi connectivity index (χ0n) is 9.21. The molecule has 0 saturated carbocycles. The second-order valence-corrected chi connectivity index (χ2v) is 3.13. The summed E-state index contributed by atoms with van der Waals surface area (Å²) in [5.74, 6) is -0.581. The molecule has 0 aromatic heterocycles. The van der Waals surface area contributed by atoms with Crippen LogP contribution in [0.3, 0.4) is 0 Å². The molecule has 0 spiro atoms. The monoisotopic (exact) mass is 201 g/mol. The maximum Gasteiger partial charge on any atom is 0.313 e. The van der Waals surface area contributed by atoms with E-state index in [-0.39, 0.29) is 12.2 Å². The van der Waals surface area contributed by atoms with Crippen LogP contribution in [0.25, 0.3) is 0 Å². The van der Waals surface area contributed by atoms with Crippen molar-refractivity contribution in [3.8, 4) is 0 Å². The lowest BCUT2D eigenvalue weighted by Crippen LogP contribution is -2.28. The number of likely N-dealkylation sites (N-methyl/N-ethyl adjacent to an activating group) is 1. The van der Waals surface area contributed by atoms with Gasteiger partial charge in [-0.2, -0.15) is 0 Å². The lowest BCUT2D eigenvalue weighted by Gasteiger charge is -2.17. The van der Waals surface area contributed by atoms with Crippen LogP contribution in [0.5, 0.6) is 0 Å². The zero-order chi connectivity index (χ0) is 11.0. The van der Waals surface area contributed by atoms with Gasteiger partial charge in [0.2, 0.25) is 0 Å². The molecule has 0 aliphatic rings. The van der Waals surface area contributed by atoms with Crippen LogP contribution in [0.2, 0.25) is 0 Å². The minimum atomic E-state index is -0.426. The number of ketones is 1. The summed E-state index contributed by atoms with van der Waals surface area (Å²) in [6.45, 7) is 8.49. The Hall–Kier alpha value is -0.900. The van der Waals surface area contributed by atoms with E-state index in [1.54, 1.807) is 0 Å². The Balaban J connectivity index is 3.52. The van der Waals surface area contributed by atoms with Crippen LogP contribution >= 0.6 is 0 Å². The Morgan fingerprint density at radius 2 is 1.79 bits per heavy atom. The number of hydrogen-bond donors (Lipinski definition) is 0. The first-order valence-electron chi connectivity index (χ1n) is 4.97. The van der Waals surface area contributed by atoms with Crippen LogP contribution in [0.4, 0.5) is 0 Å². The second kappa shape index (κ2) is 7.50. The molecule has 0 N–H and O–H groups in total. The Kier molecular flexibility index (Phi) is 7.02. The Morgan fingerprint density at radius 3 is 2.21 bits per heavy atom. The van der Waals surface area contributed by atoms with E-state index in [0.717, 1.165) is 19.6 Å². The molecule has 0 aromatic rings. The van der Waals surface area contributed by atoms with Gasteiger partial charge in [0, 0.05) is 6.54 Å². The van der Waals surface area contributed by atoms with Gasteiger partial charge in [-0.1, -0.05) is 13.8 Å². The SMILES string of the molecule is CCN(CC)CCOC(=O)CC(C)=O. The highest BCUT2D eigenvalue weighted by Crippen LogP contribution is 1.91. The van der Waals surface area contributed by atoms with Crippen molar-refractivity contribution in [2.75, 3.05) is 26.2 Å². The predicted octanol–water partition coefficient (Wildman–Crippen LogP) is 0.851. The van der Waals surface area contributed by atoms with Gasteiger partial charge in [-0.25, -0.2) is 0 Å². The van der Waals surface area contributed by atoms with E-state index in [0.29, 0.717) is 6.61 Å². The molecule has 0 fully saturated rings. The van der Waals surface area contributed by atoms with Gasteiger partial charge in [-0.3, -0.25) is 9.59 Å². The van der Waals surface area contributed by atoms with Gasteiger partial charge in [0.05, 0.1) is 0 Å². The summed E-state index contributed by atoms with van der Waals surface area (Å²) in [6.07, 6.45) is -0.113. The van der Waals surface area contributed by atoms with Crippen molar-refractivity contribution in [3.63, 3.8) is 0 Å². The number of Topliss-reactive ketones (excluding diaryl/α,β-unsaturated/α-hetero) is 1. The first-order valence-corrected chi connectivity index (χ1v) is 4.97. The summed E-state index contributed by atoms with van der Waals surface area (Å²) in [5, 5.41) is 0. The summed E-state index contributed by atoms with van der Waals surface area (Å²) in [6, 6.07) is 0. The van der Waals surface area contributed by atoms with Crippen LogP contribution < -0.4 is 0 Å². The molecule has 0 rings (SSSR count). The highest BCUT2D eigenvalue weighted by Gasteiger charge is 2.06. The molecular weight excluding hydrogens is 182 g/mol. The van der Waals surface area contributed by atoms with Crippen LogP contribution in [-0.2, 0) is 14.3 Å². The summed E-state index contributed by atoms with van der Waals surface area (Å²) >= 11 is 0. The number of rotatable bonds is 7. The molecular formula is C10H19NO3. The van der Waals surface area contributed by atoms with E-state index in [1.807, 2.05) is 0 Å². The lowest BCUT2D eigenvalue weighted by atomic mass is 10.3. The minimum absolute atomic E-state index is 0.113. The molecule has 82 valence electrons. The second-order valence-electron chi connectivity index (χ2n) is 3.13. The maximum absolute atomic E-state index is 11.0. The topological polar surface area (TPSA) is 46.6 Å². The van der Waals surface area contributed by atoms with Gasteiger partial charge in [-0.15, -0.1) is 0 Å². The fourth-order valence-corrected chi connectivity index (χ4v) is 1.08. The molecule has 0 aliphatic carbocycles. The number of ether oxygens (including phenoxy) is 1. The van der Waals surface area contributed by atoms with Crippen molar-refractivity contribution in [1.82, 2.24) is 4.90 Å². The Bertz CT molecular complexity index is 188. The fraction of sp³-hybridized carbons (Fsp3) is 0.800. The largest absolute Gasteiger partial charge is 0.464 e. The minimum Gasteiger partial charge on any atom is -0.464 e. The third-order valence-corrected chi connectivity index (χ3v) is 1.96. The first-order chi connectivity index (χ1) is 6.60. The molecule has 0 bridgehead atoms. The van der Waals surface area contributed by atoms with Crippen molar-refractivity contribution < 1.29 is 14.3 Å². The summed E-state index contributed by atoms with van der Waals surface area (Å²) < 4.78 is 4.89. The van der Waals surface area contributed by atoms with Crippen molar-refractivity contribution in [2.45, 2.75) is 27.2 Å². The number of esters is 1. The smallest absolute Gasteiger partial charge is 0.313 e. The number of carbonyl (C=O) groups excluding carboxylic acids is 2. The number of carbonyl (C=O) groups is 2. The highest BCUT2D eigenvalue weighted by atomic mass is 16.5. The van der Waals surface area contributed by atoms with Gasteiger partial charge in [0.1, 0.15) is 18.8 Å². The standard InChI is InChI=1S/C10H19NO3/c1-4-11(5-2)6-7-14-10(13)8-9(3)12/h4-8H2,1-3H3. The molecule has 4 heteroatoms. The predicted molar refractivity (Wildman–Crippen MR) is 54.0 cm³/mol. The molecule has 0 unspecified atom stereocenters. The van der Waals surface area contributed by atoms with Gasteiger partial charge in [0.15, 0.2) is 0 Å². The van der Waals surface area contributed by atoms with E-state index in [4.69, 9.17) is 4.74 Å². The highest BCUT2D eigenvalue weighted by molar-refractivity contribution is 5.94. The Morgan fingerprint density at radius 1 is 1.21 bits per heavy atom. The Labute approximate surface area is 85.2 Å². The first kappa shape index (κ1) is 13.1. The molecule has 0 aromatic carbocycles. The van der Waals surface area contributed by atoms with E-state index >= 15 is 0 Å². The zero-order valence-corrected chi connectivity index (χ0v) is 9.21. The molecule has 0 saturated heterocycles. The van der Waals surface area contributed by atoms with Gasteiger partial charge >= 0.3 is 5.97 Å². The van der Waals surface area contributed by atoms with Crippen LogP contribution in [0.15, 0.2) is 0 Å². The molecule has 0 heterocycles. The maximum atomic E-state index is 11.0. The van der Waals surface area contributed by atoms with Gasteiger partial charge in [-0.05, 0) is 20.0 Å². The third-order valence-electron chi connectivity index (χ3n) is 1.96. The van der Waals surface area contributed by atoms with Crippen molar-refractivity contribution in [2.24, 2.45) is 0 Å². The molecule has 0 amide bonds. The summed E-state index contributed by atoms with van der Waals surface area (Å²) in [5.41, 5.74) is 0. The van der Waals surface area contributed by atoms with Crippen molar-refractivity contribution in [3.05, 3.63) is 0 Å². The summed E-state index contributed by atoms with van der Waals surface area (Å²) in [4.78, 5) is 23.7. The van der Waals surface area contributed by atoms with E-state index in [1.165, 1.54) is 6.92 Å². The van der Waals surface area contributed by atoms with Crippen LogP contribution in [-0.4, -0.2) is 42.9 Å². The molecule has 0 aliphatic heterocycles. The molecule has 14 heavy (non-hydrogen) atoms. The van der Waals surface area contributed by atoms with E-state index in [9.17, 15) is 9.59 Å². The van der Waals surface area contributed by atoms with Crippen molar-refractivity contribution >= 4 is 11.8 Å². The number of hydrogen-bond acceptors (Lipinski definition) is 4. The fourth-order valence-electron chi connectivity index (χ4n) is 1.08.